The smallest absolute Gasteiger partial charge is 0.220 e. The molecule has 1 unspecified atom stereocenters. The maximum absolute atomic E-state index is 11.8. The van der Waals surface area contributed by atoms with Crippen LogP contribution < -0.4 is 11.1 Å². The Bertz CT molecular complexity index is 432. The Hall–Kier alpha value is -1.39. The lowest BCUT2D eigenvalue weighted by Gasteiger charge is -2.09. The second-order valence-electron chi connectivity index (χ2n) is 4.58. The predicted molar refractivity (Wildman–Crippen MR) is 76.2 cm³/mol. The van der Waals surface area contributed by atoms with E-state index in [0.717, 1.165) is 0 Å². The molecular formula is C14H19ClN2O2. The minimum Gasteiger partial charge on any atom is -0.356 e. The van der Waals surface area contributed by atoms with E-state index in [1.54, 1.807) is 24.3 Å². The van der Waals surface area contributed by atoms with Crippen LogP contribution in [0.2, 0.25) is 5.02 Å². The first-order valence-electron chi connectivity index (χ1n) is 6.28. The third-order valence-electron chi connectivity index (χ3n) is 2.80. The Kier molecular flexibility index (Phi) is 6.53. The number of benzene rings is 1. The number of rotatable bonds is 7. The highest BCUT2D eigenvalue weighted by Crippen LogP contribution is 2.11. The number of ketones is 1. The van der Waals surface area contributed by atoms with Crippen molar-refractivity contribution in [2.24, 2.45) is 11.7 Å². The Balaban J connectivity index is 2.34. The molecule has 0 saturated heterocycles. The van der Waals surface area contributed by atoms with E-state index in [2.05, 4.69) is 5.32 Å². The first-order chi connectivity index (χ1) is 9.02. The van der Waals surface area contributed by atoms with E-state index in [4.69, 9.17) is 17.3 Å². The van der Waals surface area contributed by atoms with Gasteiger partial charge in [-0.15, -0.1) is 0 Å². The van der Waals surface area contributed by atoms with Crippen molar-refractivity contribution in [3.05, 3.63) is 34.9 Å². The van der Waals surface area contributed by atoms with E-state index in [1.165, 1.54) is 0 Å². The molecular weight excluding hydrogens is 264 g/mol. The molecule has 0 radical (unpaired) electrons. The molecule has 4 nitrogen and oxygen atoms in total. The number of carbonyl (C=O) groups is 2. The lowest BCUT2D eigenvalue weighted by atomic mass is 10.1. The minimum absolute atomic E-state index is 0.0568. The summed E-state index contributed by atoms with van der Waals surface area (Å²) in [5.74, 6) is 0.0669. The number of hydrogen-bond acceptors (Lipinski definition) is 3. The quantitative estimate of drug-likeness (QED) is 0.752. The van der Waals surface area contributed by atoms with E-state index in [0.29, 0.717) is 23.7 Å². The van der Waals surface area contributed by atoms with Gasteiger partial charge in [0.25, 0.3) is 0 Å². The minimum atomic E-state index is -0.123. The molecule has 0 bridgehead atoms. The maximum Gasteiger partial charge on any atom is 0.220 e. The molecule has 104 valence electrons. The van der Waals surface area contributed by atoms with Crippen LogP contribution in [0.3, 0.4) is 0 Å². The van der Waals surface area contributed by atoms with Gasteiger partial charge in [-0.1, -0.05) is 18.5 Å². The zero-order valence-electron chi connectivity index (χ0n) is 11.0. The first-order valence-corrected chi connectivity index (χ1v) is 6.66. The van der Waals surface area contributed by atoms with Crippen LogP contribution in [0.25, 0.3) is 0 Å². The van der Waals surface area contributed by atoms with Crippen molar-refractivity contribution < 1.29 is 9.59 Å². The number of nitrogens with one attached hydrogen (secondary N) is 1. The molecule has 19 heavy (non-hydrogen) atoms. The number of amides is 1. The van der Waals surface area contributed by atoms with Crippen molar-refractivity contribution in [2.75, 3.05) is 13.1 Å². The van der Waals surface area contributed by atoms with Crippen molar-refractivity contribution in [1.29, 1.82) is 0 Å². The van der Waals surface area contributed by atoms with Crippen molar-refractivity contribution in [2.45, 2.75) is 19.8 Å². The van der Waals surface area contributed by atoms with E-state index in [9.17, 15) is 9.59 Å². The van der Waals surface area contributed by atoms with Gasteiger partial charge < -0.3 is 11.1 Å². The zero-order valence-corrected chi connectivity index (χ0v) is 11.7. The summed E-state index contributed by atoms with van der Waals surface area (Å²) < 4.78 is 0. The monoisotopic (exact) mass is 282 g/mol. The molecule has 0 spiro atoms. The van der Waals surface area contributed by atoms with Crippen LogP contribution in [-0.4, -0.2) is 24.8 Å². The van der Waals surface area contributed by atoms with Crippen LogP contribution in [0.1, 0.15) is 30.1 Å². The summed E-state index contributed by atoms with van der Waals surface area (Å²) in [6, 6.07) is 6.66. The normalized spacial score (nSPS) is 11.9. The highest BCUT2D eigenvalue weighted by Gasteiger charge is 2.09. The van der Waals surface area contributed by atoms with E-state index in [-0.39, 0.29) is 30.4 Å². The lowest BCUT2D eigenvalue weighted by Crippen LogP contribution is -2.31. The van der Waals surface area contributed by atoms with Crippen molar-refractivity contribution in [1.82, 2.24) is 5.32 Å². The van der Waals surface area contributed by atoms with Crippen molar-refractivity contribution >= 4 is 23.3 Å². The van der Waals surface area contributed by atoms with Crippen LogP contribution in [0.4, 0.5) is 0 Å². The van der Waals surface area contributed by atoms with Crippen LogP contribution in [-0.2, 0) is 4.79 Å². The summed E-state index contributed by atoms with van der Waals surface area (Å²) in [5, 5.41) is 3.35. The van der Waals surface area contributed by atoms with Crippen LogP contribution >= 0.6 is 11.6 Å². The second-order valence-corrected chi connectivity index (χ2v) is 5.01. The van der Waals surface area contributed by atoms with Gasteiger partial charge in [0.2, 0.25) is 5.91 Å². The van der Waals surface area contributed by atoms with Gasteiger partial charge in [0.15, 0.2) is 5.78 Å². The molecule has 0 aliphatic carbocycles. The Morgan fingerprint density at radius 2 is 1.89 bits per heavy atom. The zero-order chi connectivity index (χ0) is 14.3. The fourth-order valence-corrected chi connectivity index (χ4v) is 1.59. The van der Waals surface area contributed by atoms with Gasteiger partial charge >= 0.3 is 0 Å². The molecule has 1 atom stereocenters. The molecule has 0 aliphatic rings. The molecule has 1 amide bonds. The van der Waals surface area contributed by atoms with Crippen LogP contribution in [0.5, 0.6) is 0 Å². The third-order valence-corrected chi connectivity index (χ3v) is 3.05. The summed E-state index contributed by atoms with van der Waals surface area (Å²) in [6.45, 7) is 3.04. The SMILES string of the molecule is CC(CN)CNC(=O)CCC(=O)c1ccc(Cl)cc1. The molecule has 1 aromatic carbocycles. The largest absolute Gasteiger partial charge is 0.356 e. The maximum atomic E-state index is 11.8. The van der Waals surface area contributed by atoms with Crippen molar-refractivity contribution in [3.63, 3.8) is 0 Å². The summed E-state index contributed by atoms with van der Waals surface area (Å²) in [4.78, 5) is 23.3. The fourth-order valence-electron chi connectivity index (χ4n) is 1.47. The van der Waals surface area contributed by atoms with E-state index < -0.39 is 0 Å². The molecule has 0 aliphatic heterocycles. The van der Waals surface area contributed by atoms with Crippen LogP contribution in [0.15, 0.2) is 24.3 Å². The molecule has 0 heterocycles. The average Bonchev–Trinajstić information content (AvgIpc) is 2.42. The van der Waals surface area contributed by atoms with E-state index >= 15 is 0 Å². The number of halogens is 1. The van der Waals surface area contributed by atoms with Gasteiger partial charge in [-0.25, -0.2) is 0 Å². The first kappa shape index (κ1) is 15.7. The Morgan fingerprint density at radius 3 is 2.47 bits per heavy atom. The summed E-state index contributed by atoms with van der Waals surface area (Å²) >= 11 is 5.74. The molecule has 1 rings (SSSR count). The van der Waals surface area contributed by atoms with Crippen LogP contribution in [0, 0.1) is 5.92 Å². The van der Waals surface area contributed by atoms with Gasteiger partial charge in [-0.2, -0.15) is 0 Å². The molecule has 5 heteroatoms. The fraction of sp³-hybridized carbons (Fsp3) is 0.429. The summed E-state index contributed by atoms with van der Waals surface area (Å²) in [7, 11) is 0. The molecule has 0 fully saturated rings. The second kappa shape index (κ2) is 7.92. The lowest BCUT2D eigenvalue weighted by molar-refractivity contribution is -0.121. The highest BCUT2D eigenvalue weighted by molar-refractivity contribution is 6.30. The third kappa shape index (κ3) is 5.85. The summed E-state index contributed by atoms with van der Waals surface area (Å²) in [6.07, 6.45) is 0.392. The molecule has 1 aromatic rings. The highest BCUT2D eigenvalue weighted by atomic mass is 35.5. The van der Waals surface area contributed by atoms with Gasteiger partial charge in [-0.05, 0) is 36.7 Å². The van der Waals surface area contributed by atoms with Crippen molar-refractivity contribution in [3.8, 4) is 0 Å². The standard InChI is InChI=1S/C14H19ClN2O2/c1-10(8-16)9-17-14(19)7-6-13(18)11-2-4-12(15)5-3-11/h2-5,10H,6-9,16H2,1H3,(H,17,19). The van der Waals surface area contributed by atoms with Gasteiger partial charge in [0.1, 0.15) is 0 Å². The van der Waals surface area contributed by atoms with Gasteiger partial charge in [-0.3, -0.25) is 9.59 Å². The molecule has 0 saturated carbocycles. The topological polar surface area (TPSA) is 72.2 Å². The predicted octanol–water partition coefficient (Wildman–Crippen LogP) is 2.01. The van der Waals surface area contributed by atoms with E-state index in [1.807, 2.05) is 6.92 Å². The summed E-state index contributed by atoms with van der Waals surface area (Å²) in [5.41, 5.74) is 6.03. The number of carbonyl (C=O) groups excluding carboxylic acids is 2. The Labute approximate surface area is 118 Å². The molecule has 3 N–H and O–H groups in total. The number of Topliss-reactive ketones (excluding diaryl/α,β-unsaturated/α-hetero) is 1. The average molecular weight is 283 g/mol. The Morgan fingerprint density at radius 1 is 1.26 bits per heavy atom. The van der Waals surface area contributed by atoms with Gasteiger partial charge in [0, 0.05) is 30.0 Å². The number of nitrogens with two attached hydrogens (primary N) is 1. The van der Waals surface area contributed by atoms with Gasteiger partial charge in [0.05, 0.1) is 0 Å². The number of hydrogen-bond donors (Lipinski definition) is 2. The molecule has 0 aromatic heterocycles.